The van der Waals surface area contributed by atoms with Gasteiger partial charge in [-0.05, 0) is 49.2 Å². The molecule has 0 aliphatic carbocycles. The minimum atomic E-state index is -0.626. The molecule has 1 N–H and O–H groups in total. The number of anilines is 1. The van der Waals surface area contributed by atoms with E-state index in [2.05, 4.69) is 5.32 Å². The lowest BCUT2D eigenvalue weighted by atomic mass is 10.0. The Balaban J connectivity index is 1.61. The normalized spacial score (nSPS) is 15.0. The van der Waals surface area contributed by atoms with Crippen molar-refractivity contribution in [3.05, 3.63) is 59.9 Å². The quantitative estimate of drug-likeness (QED) is 0.736. The number of halogens is 1. The summed E-state index contributed by atoms with van der Waals surface area (Å²) in [5.41, 5.74) is 1.03. The number of hydrogen-bond acceptors (Lipinski definition) is 4. The molecule has 2 aromatic rings. The number of carbonyl (C=O) groups is 2. The Morgan fingerprint density at radius 2 is 1.68 bits per heavy atom. The van der Waals surface area contributed by atoms with Crippen molar-refractivity contribution in [1.29, 1.82) is 0 Å². The molecule has 1 fully saturated rings. The molecule has 166 valence electrons. The predicted octanol–water partition coefficient (Wildman–Crippen LogP) is 3.33. The van der Waals surface area contributed by atoms with Crippen LogP contribution >= 0.6 is 0 Å². The molecule has 1 aliphatic heterocycles. The van der Waals surface area contributed by atoms with Crippen molar-refractivity contribution in [2.75, 3.05) is 37.7 Å². The molecular weight excluding hydrogens is 397 g/mol. The van der Waals surface area contributed by atoms with Gasteiger partial charge in [0.05, 0.1) is 12.3 Å². The van der Waals surface area contributed by atoms with E-state index in [0.29, 0.717) is 49.8 Å². The molecule has 1 aliphatic rings. The Morgan fingerprint density at radius 1 is 1.03 bits per heavy atom. The average molecular weight is 428 g/mol. The van der Waals surface area contributed by atoms with E-state index in [0.717, 1.165) is 0 Å². The Kier molecular flexibility index (Phi) is 7.50. The Labute approximate surface area is 183 Å². The van der Waals surface area contributed by atoms with Crippen LogP contribution in [0.4, 0.5) is 10.1 Å². The fourth-order valence-corrected chi connectivity index (χ4v) is 3.68. The third-order valence-electron chi connectivity index (χ3n) is 5.43. The van der Waals surface area contributed by atoms with Gasteiger partial charge >= 0.3 is 0 Å². The van der Waals surface area contributed by atoms with Gasteiger partial charge in [0.1, 0.15) is 17.6 Å². The maximum atomic E-state index is 14.1. The molecule has 1 heterocycles. The number of hydrogen-bond donors (Lipinski definition) is 1. The van der Waals surface area contributed by atoms with Crippen molar-refractivity contribution in [1.82, 2.24) is 10.2 Å². The molecular formula is C24H30FN3O3. The number of rotatable bonds is 7. The fraction of sp³-hybridized carbons (Fsp3) is 0.417. The number of nitrogens with zero attached hydrogens (tertiary/aromatic N) is 2. The Hall–Kier alpha value is -3.09. The van der Waals surface area contributed by atoms with Crippen LogP contribution in [-0.2, 0) is 4.79 Å². The molecule has 0 unspecified atom stereocenters. The summed E-state index contributed by atoms with van der Waals surface area (Å²) in [6.45, 7) is 8.34. The highest BCUT2D eigenvalue weighted by atomic mass is 19.1. The third kappa shape index (κ3) is 5.54. The van der Waals surface area contributed by atoms with Crippen LogP contribution in [0.3, 0.4) is 0 Å². The first kappa shape index (κ1) is 22.6. The first-order chi connectivity index (χ1) is 14.9. The van der Waals surface area contributed by atoms with E-state index < -0.39 is 6.04 Å². The minimum Gasteiger partial charge on any atom is -0.494 e. The van der Waals surface area contributed by atoms with Crippen molar-refractivity contribution >= 4 is 17.5 Å². The van der Waals surface area contributed by atoms with Crippen molar-refractivity contribution in [2.45, 2.75) is 26.8 Å². The van der Waals surface area contributed by atoms with Crippen molar-refractivity contribution in [2.24, 2.45) is 5.92 Å². The molecule has 0 saturated carbocycles. The zero-order valence-electron chi connectivity index (χ0n) is 18.3. The topological polar surface area (TPSA) is 61.9 Å². The monoisotopic (exact) mass is 427 g/mol. The standard InChI is InChI=1S/C24H30FN3O3/c1-4-31-19-11-9-18(10-12-19)23(29)26-22(17(2)3)24(30)28-15-13-27(14-16-28)21-8-6-5-7-20(21)25/h5-12,17,22H,4,13-16H2,1-3H3,(H,26,29)/t22-/m0/s1. The highest BCUT2D eigenvalue weighted by molar-refractivity contribution is 5.97. The number of para-hydroxylation sites is 1. The lowest BCUT2D eigenvalue weighted by Crippen LogP contribution is -2.56. The van der Waals surface area contributed by atoms with Gasteiger partial charge in [-0.25, -0.2) is 4.39 Å². The highest BCUT2D eigenvalue weighted by Gasteiger charge is 2.31. The van der Waals surface area contributed by atoms with Gasteiger partial charge < -0.3 is 19.9 Å². The predicted molar refractivity (Wildman–Crippen MR) is 119 cm³/mol. The molecule has 2 amide bonds. The number of benzene rings is 2. The molecule has 7 heteroatoms. The first-order valence-electron chi connectivity index (χ1n) is 10.7. The molecule has 6 nitrogen and oxygen atoms in total. The van der Waals surface area contributed by atoms with E-state index in [9.17, 15) is 14.0 Å². The summed E-state index contributed by atoms with van der Waals surface area (Å²) in [6, 6.07) is 12.9. The molecule has 0 aromatic heterocycles. The van der Waals surface area contributed by atoms with Gasteiger partial charge in [0, 0.05) is 31.7 Å². The van der Waals surface area contributed by atoms with Crippen molar-refractivity contribution in [3.8, 4) is 5.75 Å². The largest absolute Gasteiger partial charge is 0.494 e. The van der Waals surface area contributed by atoms with Crippen molar-refractivity contribution in [3.63, 3.8) is 0 Å². The van der Waals surface area contributed by atoms with Gasteiger partial charge in [0.25, 0.3) is 5.91 Å². The molecule has 1 saturated heterocycles. The molecule has 0 bridgehead atoms. The zero-order chi connectivity index (χ0) is 22.4. The minimum absolute atomic E-state index is 0.0660. The number of amides is 2. The van der Waals surface area contributed by atoms with E-state index in [1.807, 2.05) is 25.7 Å². The molecule has 31 heavy (non-hydrogen) atoms. The third-order valence-corrected chi connectivity index (χ3v) is 5.43. The van der Waals surface area contributed by atoms with E-state index in [4.69, 9.17) is 4.74 Å². The second kappa shape index (κ2) is 10.3. The SMILES string of the molecule is CCOc1ccc(C(=O)N[C@H](C(=O)N2CCN(c3ccccc3F)CC2)C(C)C)cc1. The van der Waals surface area contributed by atoms with E-state index in [1.54, 1.807) is 47.4 Å². The van der Waals surface area contributed by atoms with E-state index in [-0.39, 0.29) is 23.5 Å². The van der Waals surface area contributed by atoms with Gasteiger partial charge in [0.15, 0.2) is 0 Å². The number of piperazine rings is 1. The number of nitrogens with one attached hydrogen (secondary N) is 1. The molecule has 0 spiro atoms. The molecule has 1 atom stereocenters. The van der Waals surface area contributed by atoms with Gasteiger partial charge in [-0.3, -0.25) is 9.59 Å². The summed E-state index contributed by atoms with van der Waals surface area (Å²) in [5, 5.41) is 2.89. The van der Waals surface area contributed by atoms with Crippen LogP contribution in [0, 0.1) is 11.7 Å². The number of carbonyl (C=O) groups excluding carboxylic acids is 2. The maximum absolute atomic E-state index is 14.1. The van der Waals surface area contributed by atoms with Crippen LogP contribution in [-0.4, -0.2) is 55.5 Å². The Bertz CT molecular complexity index is 893. The van der Waals surface area contributed by atoms with Gasteiger partial charge in [-0.15, -0.1) is 0 Å². The fourth-order valence-electron chi connectivity index (χ4n) is 3.68. The summed E-state index contributed by atoms with van der Waals surface area (Å²) in [6.07, 6.45) is 0. The number of ether oxygens (including phenoxy) is 1. The summed E-state index contributed by atoms with van der Waals surface area (Å²) in [7, 11) is 0. The smallest absolute Gasteiger partial charge is 0.251 e. The van der Waals surface area contributed by atoms with Crippen LogP contribution in [0.25, 0.3) is 0 Å². The summed E-state index contributed by atoms with van der Waals surface area (Å²) < 4.78 is 19.5. The molecule has 2 aromatic carbocycles. The zero-order valence-corrected chi connectivity index (χ0v) is 18.3. The van der Waals surface area contributed by atoms with E-state index in [1.165, 1.54) is 6.07 Å². The Morgan fingerprint density at radius 3 is 2.26 bits per heavy atom. The summed E-state index contributed by atoms with van der Waals surface area (Å²) in [4.78, 5) is 29.6. The van der Waals surface area contributed by atoms with E-state index >= 15 is 0 Å². The maximum Gasteiger partial charge on any atom is 0.251 e. The van der Waals surface area contributed by atoms with Crippen LogP contribution in [0.15, 0.2) is 48.5 Å². The van der Waals surface area contributed by atoms with Gasteiger partial charge in [0.2, 0.25) is 5.91 Å². The molecule has 3 rings (SSSR count). The van der Waals surface area contributed by atoms with Crippen molar-refractivity contribution < 1.29 is 18.7 Å². The van der Waals surface area contributed by atoms with Crippen LogP contribution in [0.1, 0.15) is 31.1 Å². The average Bonchev–Trinajstić information content (AvgIpc) is 2.78. The van der Waals surface area contributed by atoms with Crippen LogP contribution in [0.5, 0.6) is 5.75 Å². The lowest BCUT2D eigenvalue weighted by Gasteiger charge is -2.38. The van der Waals surface area contributed by atoms with Gasteiger partial charge in [-0.2, -0.15) is 0 Å². The second-order valence-electron chi connectivity index (χ2n) is 7.92. The second-order valence-corrected chi connectivity index (χ2v) is 7.92. The lowest BCUT2D eigenvalue weighted by molar-refractivity contribution is -0.134. The first-order valence-corrected chi connectivity index (χ1v) is 10.7. The summed E-state index contributed by atoms with van der Waals surface area (Å²) in [5.74, 6) is -0.0282. The highest BCUT2D eigenvalue weighted by Crippen LogP contribution is 2.21. The van der Waals surface area contributed by atoms with Gasteiger partial charge in [-0.1, -0.05) is 26.0 Å². The summed E-state index contributed by atoms with van der Waals surface area (Å²) >= 11 is 0. The molecule has 0 radical (unpaired) electrons. The van der Waals surface area contributed by atoms with Crippen LogP contribution in [0.2, 0.25) is 0 Å². The van der Waals surface area contributed by atoms with Crippen LogP contribution < -0.4 is 15.0 Å².